The predicted molar refractivity (Wildman–Crippen MR) is 81.3 cm³/mol. The summed E-state index contributed by atoms with van der Waals surface area (Å²) in [4.78, 5) is 23.5. The fraction of sp³-hybridized carbons (Fsp3) is 0.438. The van der Waals surface area contributed by atoms with Gasteiger partial charge in [-0.15, -0.1) is 0 Å². The molecule has 1 amide bonds. The number of methoxy groups -OCH3 is 1. The number of nitrogens with one attached hydrogen (secondary N) is 2. The first-order valence-electron chi connectivity index (χ1n) is 6.95. The SMILES string of the molecule is COC(=O)[C@H](NC(=O)C(=N)CCc1ccccc1)C(C)C. The summed E-state index contributed by atoms with van der Waals surface area (Å²) in [6.07, 6.45) is 0.958. The monoisotopic (exact) mass is 290 g/mol. The molecule has 0 aliphatic carbocycles. The van der Waals surface area contributed by atoms with E-state index in [9.17, 15) is 9.59 Å². The van der Waals surface area contributed by atoms with Crippen molar-refractivity contribution >= 4 is 17.6 Å². The Morgan fingerprint density at radius 2 is 1.86 bits per heavy atom. The standard InChI is InChI=1S/C16H22N2O3/c1-11(2)14(16(20)21-3)18-15(19)13(17)10-9-12-7-5-4-6-8-12/h4-8,11,14,17H,9-10H2,1-3H3,(H,18,19)/t14-/m1/s1. The molecule has 0 unspecified atom stereocenters. The van der Waals surface area contributed by atoms with Gasteiger partial charge < -0.3 is 10.1 Å². The van der Waals surface area contributed by atoms with Crippen molar-refractivity contribution < 1.29 is 14.3 Å². The number of hydrogen-bond donors (Lipinski definition) is 2. The molecule has 21 heavy (non-hydrogen) atoms. The molecule has 1 aromatic rings. The fourth-order valence-corrected chi connectivity index (χ4v) is 1.88. The van der Waals surface area contributed by atoms with Gasteiger partial charge in [-0.1, -0.05) is 44.2 Å². The maximum Gasteiger partial charge on any atom is 0.328 e. The van der Waals surface area contributed by atoms with E-state index >= 15 is 0 Å². The summed E-state index contributed by atoms with van der Waals surface area (Å²) in [7, 11) is 1.28. The predicted octanol–water partition coefficient (Wildman–Crippen LogP) is 1.95. The third kappa shape index (κ3) is 5.38. The highest BCUT2D eigenvalue weighted by atomic mass is 16.5. The van der Waals surface area contributed by atoms with E-state index in [2.05, 4.69) is 10.1 Å². The van der Waals surface area contributed by atoms with Crippen LogP contribution in [0.2, 0.25) is 0 Å². The molecule has 0 saturated carbocycles. The van der Waals surface area contributed by atoms with E-state index in [1.807, 2.05) is 44.2 Å². The van der Waals surface area contributed by atoms with Gasteiger partial charge in [0.1, 0.15) is 6.04 Å². The molecule has 2 N–H and O–H groups in total. The average molecular weight is 290 g/mol. The van der Waals surface area contributed by atoms with E-state index in [0.717, 1.165) is 5.56 Å². The number of rotatable bonds is 7. The van der Waals surface area contributed by atoms with Gasteiger partial charge >= 0.3 is 5.97 Å². The first kappa shape index (κ1) is 16.9. The van der Waals surface area contributed by atoms with Crippen LogP contribution in [0.1, 0.15) is 25.8 Å². The van der Waals surface area contributed by atoms with Crippen LogP contribution in [-0.4, -0.2) is 30.7 Å². The van der Waals surface area contributed by atoms with Crippen molar-refractivity contribution in [2.24, 2.45) is 5.92 Å². The molecule has 0 aliphatic rings. The zero-order valence-corrected chi connectivity index (χ0v) is 12.7. The molecule has 0 fully saturated rings. The van der Waals surface area contributed by atoms with Gasteiger partial charge in [0.05, 0.1) is 12.8 Å². The smallest absolute Gasteiger partial charge is 0.328 e. The van der Waals surface area contributed by atoms with Crippen LogP contribution in [0.4, 0.5) is 0 Å². The largest absolute Gasteiger partial charge is 0.467 e. The molecule has 0 spiro atoms. The Morgan fingerprint density at radius 3 is 2.38 bits per heavy atom. The number of benzene rings is 1. The highest BCUT2D eigenvalue weighted by molar-refractivity contribution is 6.37. The van der Waals surface area contributed by atoms with Crippen molar-refractivity contribution in [3.05, 3.63) is 35.9 Å². The molecule has 1 rings (SSSR count). The van der Waals surface area contributed by atoms with E-state index in [4.69, 9.17) is 5.41 Å². The van der Waals surface area contributed by atoms with Crippen molar-refractivity contribution in [3.63, 3.8) is 0 Å². The van der Waals surface area contributed by atoms with Gasteiger partial charge in [-0.05, 0) is 24.3 Å². The van der Waals surface area contributed by atoms with E-state index in [1.165, 1.54) is 7.11 Å². The van der Waals surface area contributed by atoms with Gasteiger partial charge in [0.15, 0.2) is 0 Å². The molecule has 0 bridgehead atoms. The summed E-state index contributed by atoms with van der Waals surface area (Å²) in [5, 5.41) is 10.4. The van der Waals surface area contributed by atoms with Crippen LogP contribution in [0.3, 0.4) is 0 Å². The minimum atomic E-state index is -0.723. The number of aryl methyl sites for hydroxylation is 1. The minimum Gasteiger partial charge on any atom is -0.467 e. The highest BCUT2D eigenvalue weighted by Gasteiger charge is 2.26. The minimum absolute atomic E-state index is 0.0339. The molecular weight excluding hydrogens is 268 g/mol. The third-order valence-corrected chi connectivity index (χ3v) is 3.19. The van der Waals surface area contributed by atoms with Crippen molar-refractivity contribution in [3.8, 4) is 0 Å². The molecule has 1 atom stereocenters. The van der Waals surface area contributed by atoms with Crippen molar-refractivity contribution in [2.75, 3.05) is 7.11 Å². The number of hydrogen-bond acceptors (Lipinski definition) is 4. The first-order valence-corrected chi connectivity index (χ1v) is 6.95. The third-order valence-electron chi connectivity index (χ3n) is 3.19. The highest BCUT2D eigenvalue weighted by Crippen LogP contribution is 2.06. The number of amides is 1. The lowest BCUT2D eigenvalue weighted by Gasteiger charge is -2.19. The van der Waals surface area contributed by atoms with E-state index < -0.39 is 17.9 Å². The normalized spacial score (nSPS) is 11.8. The molecule has 114 valence electrons. The maximum atomic E-state index is 12.0. The summed E-state index contributed by atoms with van der Waals surface area (Å²) in [6, 6.07) is 8.95. The van der Waals surface area contributed by atoms with Crippen LogP contribution in [0.5, 0.6) is 0 Å². The second-order valence-corrected chi connectivity index (χ2v) is 5.18. The zero-order valence-electron chi connectivity index (χ0n) is 12.7. The Labute approximate surface area is 125 Å². The van der Waals surface area contributed by atoms with Gasteiger partial charge in [-0.25, -0.2) is 4.79 Å². The molecule has 0 heterocycles. The summed E-state index contributed by atoms with van der Waals surface area (Å²) in [5.74, 6) is -1.10. The second-order valence-electron chi connectivity index (χ2n) is 5.18. The molecule has 0 saturated heterocycles. The Morgan fingerprint density at radius 1 is 1.24 bits per heavy atom. The van der Waals surface area contributed by atoms with Crippen molar-refractivity contribution in [1.29, 1.82) is 5.41 Å². The molecule has 0 aliphatic heterocycles. The van der Waals surface area contributed by atoms with Gasteiger partial charge in [-0.3, -0.25) is 10.2 Å². The number of carbonyl (C=O) groups excluding carboxylic acids is 2. The quantitative estimate of drug-likeness (QED) is 0.595. The van der Waals surface area contributed by atoms with Gasteiger partial charge in [0, 0.05) is 0 Å². The lowest BCUT2D eigenvalue weighted by atomic mass is 10.0. The summed E-state index contributed by atoms with van der Waals surface area (Å²) < 4.78 is 4.66. The average Bonchev–Trinajstić information content (AvgIpc) is 2.49. The van der Waals surface area contributed by atoms with Crippen LogP contribution in [-0.2, 0) is 20.7 Å². The topological polar surface area (TPSA) is 79.2 Å². The molecular formula is C16H22N2O3. The molecule has 5 nitrogen and oxygen atoms in total. The van der Waals surface area contributed by atoms with Crippen molar-refractivity contribution in [1.82, 2.24) is 5.32 Å². The lowest BCUT2D eigenvalue weighted by Crippen LogP contribution is -2.47. The van der Waals surface area contributed by atoms with Crippen LogP contribution >= 0.6 is 0 Å². The fourth-order valence-electron chi connectivity index (χ4n) is 1.88. The Hall–Kier alpha value is -2.17. The Balaban J connectivity index is 2.53. The van der Waals surface area contributed by atoms with Crippen LogP contribution < -0.4 is 5.32 Å². The number of esters is 1. The maximum absolute atomic E-state index is 12.0. The molecule has 1 aromatic carbocycles. The summed E-state index contributed by atoms with van der Waals surface area (Å²) in [6.45, 7) is 3.63. The van der Waals surface area contributed by atoms with E-state index in [1.54, 1.807) is 0 Å². The Kier molecular flexibility index (Phi) is 6.59. The Bertz CT molecular complexity index is 498. The molecule has 5 heteroatoms. The van der Waals surface area contributed by atoms with Crippen LogP contribution in [0, 0.1) is 11.3 Å². The number of ether oxygens (including phenoxy) is 1. The van der Waals surface area contributed by atoms with E-state index in [0.29, 0.717) is 12.8 Å². The van der Waals surface area contributed by atoms with Crippen molar-refractivity contribution in [2.45, 2.75) is 32.7 Å². The molecule has 0 aromatic heterocycles. The van der Waals surface area contributed by atoms with Gasteiger partial charge in [0.25, 0.3) is 5.91 Å². The van der Waals surface area contributed by atoms with Gasteiger partial charge in [0.2, 0.25) is 0 Å². The van der Waals surface area contributed by atoms with Crippen LogP contribution in [0.25, 0.3) is 0 Å². The second kappa shape index (κ2) is 8.19. The first-order chi connectivity index (χ1) is 9.95. The lowest BCUT2D eigenvalue weighted by molar-refractivity contribution is -0.145. The molecule has 0 radical (unpaired) electrons. The summed E-state index contributed by atoms with van der Waals surface area (Å²) >= 11 is 0. The number of carbonyl (C=O) groups is 2. The van der Waals surface area contributed by atoms with E-state index in [-0.39, 0.29) is 11.6 Å². The summed E-state index contributed by atoms with van der Waals surface area (Å²) in [5.41, 5.74) is 1.04. The van der Waals surface area contributed by atoms with Crippen LogP contribution in [0.15, 0.2) is 30.3 Å². The van der Waals surface area contributed by atoms with Gasteiger partial charge in [-0.2, -0.15) is 0 Å². The zero-order chi connectivity index (χ0) is 15.8.